The number of carbonyl (C=O) groups excluding carboxylic acids is 1. The molecule has 1 saturated heterocycles. The number of nitrogens with zero attached hydrogens (tertiary/aromatic N) is 1. The number of amides is 1. The van der Waals surface area contributed by atoms with Gasteiger partial charge in [-0.3, -0.25) is 4.79 Å². The van der Waals surface area contributed by atoms with Crippen molar-refractivity contribution in [1.82, 2.24) is 4.31 Å². The zero-order valence-corrected chi connectivity index (χ0v) is 17.8. The number of carbonyl (C=O) groups is 1. The molecule has 0 atom stereocenters. The topological polar surface area (TPSA) is 66.5 Å². The van der Waals surface area contributed by atoms with Gasteiger partial charge >= 0.3 is 0 Å². The van der Waals surface area contributed by atoms with Crippen molar-refractivity contribution in [2.24, 2.45) is 5.92 Å². The maximum absolute atomic E-state index is 13.0. The van der Waals surface area contributed by atoms with Crippen LogP contribution in [0.15, 0.2) is 51.8 Å². The standard InChI is InChI=1S/C20H23BrN2O3S/c1-14-3-4-15(2)19(13-14)27(25,26)23-11-9-16(10-12-23)20(24)22-18-7-5-17(21)6-8-18/h3-8,13,16H,9-12H2,1-2H3,(H,22,24). The lowest BCUT2D eigenvalue weighted by Gasteiger charge is -2.31. The highest BCUT2D eigenvalue weighted by atomic mass is 79.9. The van der Waals surface area contributed by atoms with Gasteiger partial charge < -0.3 is 5.32 Å². The number of sulfonamides is 1. The zero-order valence-electron chi connectivity index (χ0n) is 15.4. The summed E-state index contributed by atoms with van der Waals surface area (Å²) in [5.74, 6) is -0.236. The monoisotopic (exact) mass is 450 g/mol. The Kier molecular flexibility index (Phi) is 6.03. The van der Waals surface area contributed by atoms with E-state index in [4.69, 9.17) is 0 Å². The molecular formula is C20H23BrN2O3S. The molecule has 7 heteroatoms. The third-order valence-corrected chi connectivity index (χ3v) is 7.47. The molecule has 27 heavy (non-hydrogen) atoms. The van der Waals surface area contributed by atoms with Crippen LogP contribution in [0.1, 0.15) is 24.0 Å². The van der Waals surface area contributed by atoms with E-state index in [1.807, 2.05) is 50.2 Å². The Hall–Kier alpha value is -1.70. The third kappa shape index (κ3) is 4.59. The predicted octanol–water partition coefficient (Wildman–Crippen LogP) is 4.11. The van der Waals surface area contributed by atoms with Gasteiger partial charge in [0.05, 0.1) is 4.90 Å². The summed E-state index contributed by atoms with van der Waals surface area (Å²) in [6.07, 6.45) is 1.04. The number of halogens is 1. The van der Waals surface area contributed by atoms with E-state index in [9.17, 15) is 13.2 Å². The minimum absolute atomic E-state index is 0.0545. The van der Waals surface area contributed by atoms with E-state index in [2.05, 4.69) is 21.2 Å². The van der Waals surface area contributed by atoms with Gasteiger partial charge in [0.15, 0.2) is 0 Å². The number of hydrogen-bond acceptors (Lipinski definition) is 3. The number of nitrogens with one attached hydrogen (secondary N) is 1. The third-order valence-electron chi connectivity index (χ3n) is 4.90. The largest absolute Gasteiger partial charge is 0.326 e. The Bertz CT molecular complexity index is 934. The van der Waals surface area contributed by atoms with Gasteiger partial charge in [-0.05, 0) is 68.1 Å². The Labute approximate surface area is 169 Å². The Balaban J connectivity index is 1.65. The van der Waals surface area contributed by atoms with Crippen molar-refractivity contribution in [2.45, 2.75) is 31.6 Å². The number of rotatable bonds is 4. The predicted molar refractivity (Wildman–Crippen MR) is 110 cm³/mol. The van der Waals surface area contributed by atoms with Gasteiger partial charge in [-0.2, -0.15) is 4.31 Å². The lowest BCUT2D eigenvalue weighted by Crippen LogP contribution is -2.41. The van der Waals surface area contributed by atoms with E-state index < -0.39 is 10.0 Å². The van der Waals surface area contributed by atoms with Crippen molar-refractivity contribution in [1.29, 1.82) is 0 Å². The molecule has 0 bridgehead atoms. The van der Waals surface area contributed by atoms with Crippen LogP contribution >= 0.6 is 15.9 Å². The summed E-state index contributed by atoms with van der Waals surface area (Å²) in [6, 6.07) is 12.9. The van der Waals surface area contributed by atoms with Crippen molar-refractivity contribution in [2.75, 3.05) is 18.4 Å². The van der Waals surface area contributed by atoms with Gasteiger partial charge in [0.1, 0.15) is 0 Å². The quantitative estimate of drug-likeness (QED) is 0.761. The number of anilines is 1. The van der Waals surface area contributed by atoms with E-state index in [-0.39, 0.29) is 11.8 Å². The van der Waals surface area contributed by atoms with Crippen LogP contribution in [0.5, 0.6) is 0 Å². The van der Waals surface area contributed by atoms with Crippen molar-refractivity contribution in [3.63, 3.8) is 0 Å². The molecular weight excluding hydrogens is 428 g/mol. The fourth-order valence-electron chi connectivity index (χ4n) is 3.26. The van der Waals surface area contributed by atoms with Gasteiger partial charge in [-0.15, -0.1) is 0 Å². The lowest BCUT2D eigenvalue weighted by molar-refractivity contribution is -0.120. The molecule has 1 aliphatic heterocycles. The van der Waals surface area contributed by atoms with Crippen LogP contribution in [0.3, 0.4) is 0 Å². The van der Waals surface area contributed by atoms with Crippen molar-refractivity contribution < 1.29 is 13.2 Å². The van der Waals surface area contributed by atoms with Crippen molar-refractivity contribution in [3.05, 3.63) is 58.1 Å². The average Bonchev–Trinajstić information content (AvgIpc) is 2.65. The van der Waals surface area contributed by atoms with Gasteiger partial charge in [-0.1, -0.05) is 28.1 Å². The second-order valence-corrected chi connectivity index (χ2v) is 9.77. The first-order chi connectivity index (χ1) is 12.8. The van der Waals surface area contributed by atoms with Crippen LogP contribution in [0.25, 0.3) is 0 Å². The minimum Gasteiger partial charge on any atom is -0.326 e. The molecule has 0 aliphatic carbocycles. The minimum atomic E-state index is -3.53. The molecule has 2 aromatic rings. The van der Waals surface area contributed by atoms with Crippen LogP contribution < -0.4 is 5.32 Å². The molecule has 0 spiro atoms. The van der Waals surface area contributed by atoms with Crippen molar-refractivity contribution in [3.8, 4) is 0 Å². The first-order valence-corrected chi connectivity index (χ1v) is 11.1. The van der Waals surface area contributed by atoms with Gasteiger partial charge in [0, 0.05) is 29.2 Å². The first-order valence-electron chi connectivity index (χ1n) is 8.91. The number of hydrogen-bond donors (Lipinski definition) is 1. The van der Waals surface area contributed by atoms with E-state index in [1.165, 1.54) is 4.31 Å². The number of aryl methyl sites for hydroxylation is 2. The summed E-state index contributed by atoms with van der Waals surface area (Å²) in [6.45, 7) is 4.41. The fraction of sp³-hybridized carbons (Fsp3) is 0.350. The molecule has 1 aliphatic rings. The number of piperidine rings is 1. The maximum Gasteiger partial charge on any atom is 0.243 e. The number of benzene rings is 2. The summed E-state index contributed by atoms with van der Waals surface area (Å²) in [4.78, 5) is 12.8. The van der Waals surface area contributed by atoms with Crippen LogP contribution in [0.2, 0.25) is 0 Å². The summed E-state index contributed by atoms with van der Waals surface area (Å²) >= 11 is 3.37. The summed E-state index contributed by atoms with van der Waals surface area (Å²) in [5, 5.41) is 2.91. The second-order valence-electron chi connectivity index (χ2n) is 6.94. The highest BCUT2D eigenvalue weighted by Crippen LogP contribution is 2.27. The SMILES string of the molecule is Cc1ccc(C)c(S(=O)(=O)N2CCC(C(=O)Nc3ccc(Br)cc3)CC2)c1. The van der Waals surface area contributed by atoms with Crippen LogP contribution in [-0.2, 0) is 14.8 Å². The molecule has 0 radical (unpaired) electrons. The Morgan fingerprint density at radius 2 is 1.70 bits per heavy atom. The normalized spacial score (nSPS) is 16.3. The molecule has 144 valence electrons. The first kappa shape index (κ1) is 20.0. The van der Waals surface area contributed by atoms with Crippen LogP contribution in [-0.4, -0.2) is 31.7 Å². The van der Waals surface area contributed by atoms with Crippen molar-refractivity contribution >= 4 is 37.5 Å². The molecule has 1 heterocycles. The lowest BCUT2D eigenvalue weighted by atomic mass is 9.97. The smallest absolute Gasteiger partial charge is 0.243 e. The highest BCUT2D eigenvalue weighted by Gasteiger charge is 2.32. The van der Waals surface area contributed by atoms with Crippen LogP contribution in [0, 0.1) is 19.8 Å². The summed E-state index contributed by atoms with van der Waals surface area (Å²) in [7, 11) is -3.53. The average molecular weight is 451 g/mol. The molecule has 2 aromatic carbocycles. The molecule has 1 N–H and O–H groups in total. The molecule has 0 unspecified atom stereocenters. The second kappa shape index (κ2) is 8.12. The molecule has 3 rings (SSSR count). The Morgan fingerprint density at radius 3 is 2.33 bits per heavy atom. The van der Waals surface area contributed by atoms with E-state index >= 15 is 0 Å². The molecule has 1 fully saturated rings. The molecule has 0 aromatic heterocycles. The van der Waals surface area contributed by atoms with E-state index in [0.29, 0.717) is 30.8 Å². The van der Waals surface area contributed by atoms with E-state index in [1.54, 1.807) is 6.07 Å². The zero-order chi connectivity index (χ0) is 19.6. The molecule has 0 saturated carbocycles. The molecule has 1 amide bonds. The van der Waals surface area contributed by atoms with E-state index in [0.717, 1.165) is 21.3 Å². The highest BCUT2D eigenvalue weighted by molar-refractivity contribution is 9.10. The van der Waals surface area contributed by atoms with Gasteiger partial charge in [0.25, 0.3) is 0 Å². The van der Waals surface area contributed by atoms with Gasteiger partial charge in [0.2, 0.25) is 15.9 Å². The Morgan fingerprint density at radius 1 is 1.07 bits per heavy atom. The summed E-state index contributed by atoms with van der Waals surface area (Å²) in [5.41, 5.74) is 2.41. The van der Waals surface area contributed by atoms with Crippen LogP contribution in [0.4, 0.5) is 5.69 Å². The summed E-state index contributed by atoms with van der Waals surface area (Å²) < 4.78 is 28.4. The molecule has 5 nitrogen and oxygen atoms in total. The van der Waals surface area contributed by atoms with Gasteiger partial charge in [-0.25, -0.2) is 8.42 Å². The maximum atomic E-state index is 13.0. The fourth-order valence-corrected chi connectivity index (χ4v) is 5.30.